The van der Waals surface area contributed by atoms with Crippen molar-refractivity contribution in [3.63, 3.8) is 0 Å². The van der Waals surface area contributed by atoms with Crippen molar-refractivity contribution in [2.75, 3.05) is 12.3 Å². The lowest BCUT2D eigenvalue weighted by Gasteiger charge is -2.18. The van der Waals surface area contributed by atoms with E-state index >= 15 is 0 Å². The van der Waals surface area contributed by atoms with E-state index in [1.165, 1.54) is 4.57 Å². The number of ether oxygens (including phenoxy) is 2. The number of aromatic nitrogens is 5. The SMILES string of the molecule is Nc1ncnc2c1c1c(=O)[nH]c(=O)[nH]c1n2[C@@H]1O[C@H](COC(=O)c2ccccc2)[C@@H](O)[C@H]1O. The number of H-pyrrole nitrogens is 2. The smallest absolute Gasteiger partial charge is 0.338 e. The van der Waals surface area contributed by atoms with Gasteiger partial charge in [-0.3, -0.25) is 19.3 Å². The molecule has 1 aliphatic heterocycles. The Labute approximate surface area is 183 Å². The third kappa shape index (κ3) is 3.34. The Kier molecular flexibility index (Phi) is 4.92. The number of nitrogen functional groups attached to an aromatic ring is 1. The van der Waals surface area contributed by atoms with Crippen molar-refractivity contribution in [1.82, 2.24) is 24.5 Å². The molecule has 0 unspecified atom stereocenters. The zero-order valence-corrected chi connectivity index (χ0v) is 16.8. The van der Waals surface area contributed by atoms with Crippen LogP contribution in [0.15, 0.2) is 46.2 Å². The fourth-order valence-corrected chi connectivity index (χ4v) is 3.95. The van der Waals surface area contributed by atoms with Crippen molar-refractivity contribution in [1.29, 1.82) is 0 Å². The summed E-state index contributed by atoms with van der Waals surface area (Å²) in [5.74, 6) is -0.653. The zero-order chi connectivity index (χ0) is 23.3. The summed E-state index contributed by atoms with van der Waals surface area (Å²) in [4.78, 5) is 49.3. The standard InChI is InChI=1S/C20H18N6O7/c21-14-10-11-16(24-20(31)25-17(11)29)26(15(10)23-7-22-14)18-13(28)12(27)9(33-18)6-32-19(30)8-4-2-1-3-5-8/h1-5,7,9,12-13,18,27-28H,6H2,(H2,21,22,23)(H2,24,25,29,31)/t9-,12-,13-,18-/m1/s1. The zero-order valence-electron chi connectivity index (χ0n) is 16.8. The number of carbonyl (C=O) groups excluding carboxylic acids is 1. The van der Waals surface area contributed by atoms with Gasteiger partial charge in [-0.1, -0.05) is 18.2 Å². The molecule has 6 N–H and O–H groups in total. The summed E-state index contributed by atoms with van der Waals surface area (Å²) in [6, 6.07) is 8.24. The van der Waals surface area contributed by atoms with Crippen LogP contribution >= 0.6 is 0 Å². The number of aromatic amines is 2. The Balaban J connectivity index is 1.52. The Morgan fingerprint density at radius 2 is 1.88 bits per heavy atom. The number of anilines is 1. The van der Waals surface area contributed by atoms with Gasteiger partial charge >= 0.3 is 11.7 Å². The van der Waals surface area contributed by atoms with Crippen LogP contribution in [0.2, 0.25) is 0 Å². The first-order valence-corrected chi connectivity index (χ1v) is 9.87. The second-order valence-electron chi connectivity index (χ2n) is 7.47. The molecule has 1 aliphatic rings. The van der Waals surface area contributed by atoms with Crippen LogP contribution in [0, 0.1) is 0 Å². The van der Waals surface area contributed by atoms with Crippen molar-refractivity contribution in [3.8, 4) is 0 Å². The summed E-state index contributed by atoms with van der Waals surface area (Å²) >= 11 is 0. The molecule has 0 aliphatic carbocycles. The van der Waals surface area contributed by atoms with Crippen LogP contribution in [0.5, 0.6) is 0 Å². The van der Waals surface area contributed by atoms with Gasteiger partial charge in [0.05, 0.1) is 16.3 Å². The van der Waals surface area contributed by atoms with E-state index in [9.17, 15) is 24.6 Å². The summed E-state index contributed by atoms with van der Waals surface area (Å²) in [5.41, 5.74) is 4.80. The summed E-state index contributed by atoms with van der Waals surface area (Å²) < 4.78 is 12.3. The number of hydrogen-bond acceptors (Lipinski definition) is 10. The molecule has 0 bridgehead atoms. The highest BCUT2D eigenvalue weighted by atomic mass is 16.6. The summed E-state index contributed by atoms with van der Waals surface area (Å²) in [6.45, 7) is -0.353. The maximum absolute atomic E-state index is 12.5. The first-order valence-electron chi connectivity index (χ1n) is 9.87. The summed E-state index contributed by atoms with van der Waals surface area (Å²) in [5, 5.41) is 21.4. The van der Waals surface area contributed by atoms with E-state index in [0.29, 0.717) is 5.56 Å². The Morgan fingerprint density at radius 3 is 2.64 bits per heavy atom. The number of nitrogens with two attached hydrogens (primary N) is 1. The number of nitrogens with zero attached hydrogens (tertiary/aromatic N) is 3. The largest absolute Gasteiger partial charge is 0.459 e. The minimum absolute atomic E-state index is 0.00746. The number of benzene rings is 1. The van der Waals surface area contributed by atoms with Crippen LogP contribution in [0.4, 0.5) is 5.82 Å². The molecule has 3 aromatic heterocycles. The Bertz CT molecular complexity index is 1480. The third-order valence-corrected chi connectivity index (χ3v) is 5.48. The number of esters is 1. The van der Waals surface area contributed by atoms with E-state index in [-0.39, 0.29) is 34.5 Å². The lowest BCUT2D eigenvalue weighted by Crippen LogP contribution is -2.34. The van der Waals surface area contributed by atoms with E-state index in [1.54, 1.807) is 30.3 Å². The normalized spacial score (nSPS) is 22.7. The first-order chi connectivity index (χ1) is 15.9. The molecule has 0 spiro atoms. The molecule has 4 atom stereocenters. The molecule has 33 heavy (non-hydrogen) atoms. The fourth-order valence-electron chi connectivity index (χ4n) is 3.95. The lowest BCUT2D eigenvalue weighted by atomic mass is 10.1. The van der Waals surface area contributed by atoms with Crippen molar-refractivity contribution in [2.45, 2.75) is 24.5 Å². The molecule has 13 nitrogen and oxygen atoms in total. The van der Waals surface area contributed by atoms with Gasteiger partial charge in [0.2, 0.25) is 0 Å². The van der Waals surface area contributed by atoms with Gasteiger partial charge in [-0.15, -0.1) is 0 Å². The molecular weight excluding hydrogens is 436 g/mol. The van der Waals surface area contributed by atoms with Crippen LogP contribution in [-0.2, 0) is 9.47 Å². The number of fused-ring (bicyclic) bond motifs is 3. The molecular formula is C20H18N6O7. The molecule has 4 aromatic rings. The quantitative estimate of drug-likeness (QED) is 0.239. The van der Waals surface area contributed by atoms with Crippen molar-refractivity contribution >= 4 is 33.9 Å². The molecule has 1 saturated heterocycles. The van der Waals surface area contributed by atoms with Gasteiger partial charge in [-0.2, -0.15) is 0 Å². The monoisotopic (exact) mass is 454 g/mol. The van der Waals surface area contributed by atoms with Gasteiger partial charge in [-0.25, -0.2) is 19.6 Å². The topological polar surface area (TPSA) is 198 Å². The molecule has 5 rings (SSSR count). The number of aliphatic hydroxyl groups is 2. The molecule has 4 heterocycles. The van der Waals surface area contributed by atoms with Gasteiger partial charge in [0.1, 0.15) is 48.4 Å². The van der Waals surface area contributed by atoms with Crippen molar-refractivity contribution < 1.29 is 24.5 Å². The van der Waals surface area contributed by atoms with Gasteiger partial charge < -0.3 is 25.4 Å². The highest BCUT2D eigenvalue weighted by Gasteiger charge is 2.45. The van der Waals surface area contributed by atoms with E-state index in [1.807, 2.05) is 0 Å². The second-order valence-corrected chi connectivity index (χ2v) is 7.47. The molecule has 0 radical (unpaired) electrons. The average Bonchev–Trinajstić information content (AvgIpc) is 3.27. The lowest BCUT2D eigenvalue weighted by molar-refractivity contribution is -0.0549. The number of hydrogen-bond donors (Lipinski definition) is 5. The van der Waals surface area contributed by atoms with Crippen LogP contribution in [0.3, 0.4) is 0 Å². The third-order valence-electron chi connectivity index (χ3n) is 5.48. The predicted octanol–water partition coefficient (Wildman–Crippen LogP) is -0.980. The minimum atomic E-state index is -1.51. The number of nitrogens with one attached hydrogen (secondary N) is 2. The maximum atomic E-state index is 12.5. The Morgan fingerprint density at radius 1 is 1.12 bits per heavy atom. The molecule has 0 amide bonds. The van der Waals surface area contributed by atoms with Crippen LogP contribution < -0.4 is 17.0 Å². The molecule has 1 aromatic carbocycles. The summed E-state index contributed by atoms with van der Waals surface area (Å²) in [6.07, 6.45) is -4.19. The number of aliphatic hydroxyl groups excluding tert-OH is 2. The van der Waals surface area contributed by atoms with Gasteiger partial charge in [0, 0.05) is 0 Å². The second kappa shape index (κ2) is 7.81. The fraction of sp³-hybridized carbons (Fsp3) is 0.250. The van der Waals surface area contributed by atoms with Crippen LogP contribution in [0.1, 0.15) is 16.6 Å². The summed E-state index contributed by atoms with van der Waals surface area (Å²) in [7, 11) is 0. The average molecular weight is 454 g/mol. The maximum Gasteiger partial charge on any atom is 0.338 e. The Hall–Kier alpha value is -4.07. The van der Waals surface area contributed by atoms with Crippen molar-refractivity contribution in [2.24, 2.45) is 0 Å². The first kappa shape index (κ1) is 20.8. The van der Waals surface area contributed by atoms with Crippen molar-refractivity contribution in [3.05, 3.63) is 63.1 Å². The number of rotatable bonds is 4. The molecule has 13 heteroatoms. The van der Waals surface area contributed by atoms with Gasteiger partial charge in [-0.05, 0) is 12.1 Å². The number of carbonyl (C=O) groups is 1. The van der Waals surface area contributed by atoms with Crippen LogP contribution in [-0.4, -0.2) is 65.6 Å². The highest BCUT2D eigenvalue weighted by molar-refractivity contribution is 6.09. The van der Waals surface area contributed by atoms with Crippen LogP contribution in [0.25, 0.3) is 22.1 Å². The van der Waals surface area contributed by atoms with E-state index in [2.05, 4.69) is 19.9 Å². The minimum Gasteiger partial charge on any atom is -0.459 e. The van der Waals surface area contributed by atoms with Gasteiger partial charge in [0.25, 0.3) is 5.56 Å². The molecule has 1 fully saturated rings. The molecule has 170 valence electrons. The van der Waals surface area contributed by atoms with E-state index in [0.717, 1.165) is 6.33 Å². The van der Waals surface area contributed by atoms with E-state index < -0.39 is 41.8 Å². The van der Waals surface area contributed by atoms with Gasteiger partial charge in [0.15, 0.2) is 6.23 Å². The van der Waals surface area contributed by atoms with E-state index in [4.69, 9.17) is 15.2 Å². The highest BCUT2D eigenvalue weighted by Crippen LogP contribution is 2.36. The molecule has 0 saturated carbocycles. The predicted molar refractivity (Wildman–Crippen MR) is 113 cm³/mol.